The van der Waals surface area contributed by atoms with E-state index in [2.05, 4.69) is 21.1 Å². The second-order valence-corrected chi connectivity index (χ2v) is 13.2. The molecular formula is C32H50N6O9. The van der Waals surface area contributed by atoms with Crippen LogP contribution in [0.2, 0.25) is 0 Å². The first-order chi connectivity index (χ1) is 21.7. The number of nitrogens with zero attached hydrogens (tertiary/aromatic N) is 1. The standard InChI is InChI=1S/C32H50N6O9/c1-19(2)15-23(27(41)35-21(18-39)17-25(37-38-30(33)44)46-31(3,4)5)28(42)36-24(13-14-26(40)47-32(6,7)8)29(43)34-20-11-10-12-22(16-20)45-9/h10-12,16,18-19,21,23-24H,13-15,17H2,1-9H3,(H,34,43)(H,35,41)(H,36,42)(H3,33,38,44). The Hall–Kier alpha value is -4.69. The number of nitrogens with one attached hydrogen (secondary N) is 4. The fourth-order valence-electron chi connectivity index (χ4n) is 4.12. The number of methoxy groups -OCH3 is 1. The number of urea groups is 1. The molecule has 15 heteroatoms. The number of hydrogen-bond acceptors (Lipinski definition) is 10. The summed E-state index contributed by atoms with van der Waals surface area (Å²) in [5.74, 6) is -3.84. The number of rotatable bonds is 16. The Morgan fingerprint density at radius 3 is 2.09 bits per heavy atom. The van der Waals surface area contributed by atoms with Crippen molar-refractivity contribution in [3.05, 3.63) is 24.3 Å². The lowest BCUT2D eigenvalue weighted by atomic mass is 9.94. The van der Waals surface area contributed by atoms with E-state index in [4.69, 9.17) is 19.9 Å². The number of hydrogen-bond donors (Lipinski definition) is 5. The molecule has 3 atom stereocenters. The van der Waals surface area contributed by atoms with E-state index in [0.29, 0.717) is 17.7 Å². The lowest BCUT2D eigenvalue weighted by molar-refractivity contribution is -0.155. The predicted octanol–water partition coefficient (Wildman–Crippen LogP) is 2.77. The van der Waals surface area contributed by atoms with Gasteiger partial charge in [0.05, 0.1) is 19.6 Å². The molecule has 47 heavy (non-hydrogen) atoms. The summed E-state index contributed by atoms with van der Waals surface area (Å²) in [6, 6.07) is 3.18. The summed E-state index contributed by atoms with van der Waals surface area (Å²) in [5, 5.41) is 11.6. The zero-order chi connectivity index (χ0) is 35.9. The summed E-state index contributed by atoms with van der Waals surface area (Å²) < 4.78 is 16.3. The van der Waals surface area contributed by atoms with Gasteiger partial charge in [0, 0.05) is 18.2 Å². The molecule has 6 N–H and O–H groups in total. The lowest BCUT2D eigenvalue weighted by Crippen LogP contribution is -2.51. The predicted molar refractivity (Wildman–Crippen MR) is 175 cm³/mol. The number of carbonyl (C=O) groups is 6. The van der Waals surface area contributed by atoms with Crippen molar-refractivity contribution in [1.29, 1.82) is 0 Å². The minimum atomic E-state index is -1.32. The highest BCUT2D eigenvalue weighted by Crippen LogP contribution is 2.19. The molecule has 0 bridgehead atoms. The maximum atomic E-state index is 13.6. The van der Waals surface area contributed by atoms with Gasteiger partial charge in [-0.2, -0.15) is 0 Å². The summed E-state index contributed by atoms with van der Waals surface area (Å²) >= 11 is 0. The van der Waals surface area contributed by atoms with Gasteiger partial charge in [0.2, 0.25) is 23.6 Å². The molecule has 1 aromatic rings. The first-order valence-corrected chi connectivity index (χ1v) is 15.3. The Morgan fingerprint density at radius 2 is 1.55 bits per heavy atom. The average Bonchev–Trinajstić information content (AvgIpc) is 2.94. The zero-order valence-electron chi connectivity index (χ0n) is 28.7. The number of esters is 1. The maximum absolute atomic E-state index is 13.6. The molecule has 0 saturated heterocycles. The second kappa shape index (κ2) is 18.5. The van der Waals surface area contributed by atoms with Crippen molar-refractivity contribution in [1.82, 2.24) is 16.1 Å². The van der Waals surface area contributed by atoms with Crippen LogP contribution < -0.4 is 31.8 Å². The molecule has 0 saturated carbocycles. The number of amides is 5. The second-order valence-electron chi connectivity index (χ2n) is 13.2. The van der Waals surface area contributed by atoms with E-state index in [1.54, 1.807) is 79.7 Å². The fourth-order valence-corrected chi connectivity index (χ4v) is 4.12. The molecule has 0 radical (unpaired) electrons. The number of hydrazone groups is 1. The van der Waals surface area contributed by atoms with Crippen LogP contribution in [0, 0.1) is 11.8 Å². The molecule has 0 heterocycles. The van der Waals surface area contributed by atoms with Crippen molar-refractivity contribution in [3.8, 4) is 5.75 Å². The highest BCUT2D eigenvalue weighted by atomic mass is 16.6. The van der Waals surface area contributed by atoms with Gasteiger partial charge in [-0.3, -0.25) is 19.2 Å². The van der Waals surface area contributed by atoms with Crippen LogP contribution >= 0.6 is 0 Å². The number of aldehydes is 1. The van der Waals surface area contributed by atoms with Gasteiger partial charge in [0.25, 0.3) is 0 Å². The summed E-state index contributed by atoms with van der Waals surface area (Å²) in [4.78, 5) is 76.2. The summed E-state index contributed by atoms with van der Waals surface area (Å²) in [6.45, 7) is 13.9. The van der Waals surface area contributed by atoms with E-state index in [1.807, 2.05) is 5.43 Å². The monoisotopic (exact) mass is 662 g/mol. The summed E-state index contributed by atoms with van der Waals surface area (Å²) in [7, 11) is 1.48. The van der Waals surface area contributed by atoms with E-state index in [0.717, 1.165) is 0 Å². The van der Waals surface area contributed by atoms with Crippen molar-refractivity contribution in [2.24, 2.45) is 22.7 Å². The molecule has 262 valence electrons. The fraction of sp³-hybridized carbons (Fsp3) is 0.594. The Labute approximate surface area is 276 Å². The molecule has 1 rings (SSSR count). The van der Waals surface area contributed by atoms with Crippen LogP contribution in [0.4, 0.5) is 10.5 Å². The molecule has 15 nitrogen and oxygen atoms in total. The van der Waals surface area contributed by atoms with E-state index in [1.165, 1.54) is 7.11 Å². The average molecular weight is 663 g/mol. The summed E-state index contributed by atoms with van der Waals surface area (Å²) in [6.07, 6.45) is -0.0662. The number of benzene rings is 1. The molecule has 3 unspecified atom stereocenters. The van der Waals surface area contributed by atoms with Crippen LogP contribution in [-0.2, 0) is 33.4 Å². The molecule has 0 spiro atoms. The largest absolute Gasteiger partial charge is 0.497 e. The first kappa shape index (κ1) is 40.3. The zero-order valence-corrected chi connectivity index (χ0v) is 28.7. The minimum Gasteiger partial charge on any atom is -0.497 e. The van der Waals surface area contributed by atoms with E-state index in [9.17, 15) is 28.8 Å². The molecule has 0 aliphatic heterocycles. The molecule has 0 aliphatic carbocycles. The third kappa shape index (κ3) is 17.0. The SMILES string of the molecule is COc1cccc(NC(=O)C(CCC(=O)OC(C)(C)C)NC(=O)C(CC(C)C)C(=O)NC(C=O)CC(=NNC(N)=O)OC(C)(C)C)c1. The summed E-state index contributed by atoms with van der Waals surface area (Å²) in [5.41, 5.74) is 5.99. The van der Waals surface area contributed by atoms with Gasteiger partial charge in [-0.15, -0.1) is 5.10 Å². The highest BCUT2D eigenvalue weighted by molar-refractivity contribution is 6.04. The van der Waals surface area contributed by atoms with Gasteiger partial charge in [-0.1, -0.05) is 19.9 Å². The van der Waals surface area contributed by atoms with Gasteiger partial charge >= 0.3 is 12.0 Å². The maximum Gasteiger partial charge on any atom is 0.332 e. The van der Waals surface area contributed by atoms with Gasteiger partial charge in [0.1, 0.15) is 35.2 Å². The Kier molecular flexibility index (Phi) is 15.8. The Morgan fingerprint density at radius 1 is 0.936 bits per heavy atom. The number of ether oxygens (including phenoxy) is 3. The van der Waals surface area contributed by atoms with E-state index in [-0.39, 0.29) is 37.5 Å². The molecule has 0 fully saturated rings. The molecule has 5 amide bonds. The van der Waals surface area contributed by atoms with Crippen LogP contribution in [0.15, 0.2) is 29.4 Å². The number of carbonyl (C=O) groups excluding carboxylic acids is 6. The van der Waals surface area contributed by atoms with E-state index >= 15 is 0 Å². The molecule has 0 aromatic heterocycles. The van der Waals surface area contributed by atoms with Crippen LogP contribution in [0.1, 0.15) is 81.1 Å². The Balaban J connectivity index is 3.25. The van der Waals surface area contributed by atoms with Crippen molar-refractivity contribution in [3.63, 3.8) is 0 Å². The van der Waals surface area contributed by atoms with Crippen LogP contribution in [0.5, 0.6) is 5.75 Å². The van der Waals surface area contributed by atoms with Crippen LogP contribution in [0.25, 0.3) is 0 Å². The van der Waals surface area contributed by atoms with Crippen LogP contribution in [0.3, 0.4) is 0 Å². The third-order valence-corrected chi connectivity index (χ3v) is 5.97. The van der Waals surface area contributed by atoms with Gasteiger partial charge in [-0.25, -0.2) is 10.2 Å². The quantitative estimate of drug-likeness (QED) is 0.0438. The number of primary amides is 1. The van der Waals surface area contributed by atoms with Gasteiger partial charge in [0.15, 0.2) is 0 Å². The minimum absolute atomic E-state index is 0.0716. The molecule has 1 aromatic carbocycles. The van der Waals surface area contributed by atoms with Crippen molar-refractivity contribution in [2.45, 2.75) is 104 Å². The Bertz CT molecular complexity index is 1280. The smallest absolute Gasteiger partial charge is 0.332 e. The van der Waals surface area contributed by atoms with Crippen molar-refractivity contribution in [2.75, 3.05) is 12.4 Å². The normalized spacial score (nSPS) is 13.8. The highest BCUT2D eigenvalue weighted by Gasteiger charge is 2.33. The third-order valence-electron chi connectivity index (χ3n) is 5.97. The van der Waals surface area contributed by atoms with Gasteiger partial charge < -0.3 is 40.7 Å². The number of nitrogens with two attached hydrogens (primary N) is 1. The van der Waals surface area contributed by atoms with E-state index < -0.39 is 58.9 Å². The number of anilines is 1. The van der Waals surface area contributed by atoms with Crippen molar-refractivity contribution >= 4 is 47.6 Å². The lowest BCUT2D eigenvalue weighted by Gasteiger charge is -2.26. The van der Waals surface area contributed by atoms with Crippen molar-refractivity contribution < 1.29 is 43.0 Å². The topological polar surface area (TPSA) is 217 Å². The van der Waals surface area contributed by atoms with Crippen LogP contribution in [-0.4, -0.2) is 72.3 Å². The molecular weight excluding hydrogens is 612 g/mol. The first-order valence-electron chi connectivity index (χ1n) is 15.3. The molecule has 0 aliphatic rings. The van der Waals surface area contributed by atoms with Gasteiger partial charge in [-0.05, 0) is 72.4 Å².